The molecule has 0 bridgehead atoms. The number of carboxylic acids is 1. The lowest BCUT2D eigenvalue weighted by Crippen LogP contribution is -2.60. The summed E-state index contributed by atoms with van der Waals surface area (Å²) in [5.74, 6) is -2.83. The quantitative estimate of drug-likeness (QED) is 0.136. The van der Waals surface area contributed by atoms with Crippen molar-refractivity contribution in [2.75, 3.05) is 49.3 Å². The molecule has 1 aromatic heterocycles. The number of benzene rings is 2. The molecule has 1 aliphatic rings. The minimum Gasteiger partial charge on any atom is -0.493 e. The molecule has 0 amide bonds. The van der Waals surface area contributed by atoms with Crippen molar-refractivity contribution >= 4 is 22.9 Å². The molecule has 1 aliphatic heterocycles. The number of hydrogen-bond acceptors (Lipinski definition) is 17. The first kappa shape index (κ1) is 38.8. The van der Waals surface area contributed by atoms with E-state index in [0.29, 0.717) is 5.75 Å². The van der Waals surface area contributed by atoms with Crippen LogP contribution in [0.3, 0.4) is 0 Å². The molecule has 1 unspecified atom stereocenters. The van der Waals surface area contributed by atoms with Crippen LogP contribution in [0.4, 0.5) is 0 Å². The fourth-order valence-electron chi connectivity index (χ4n) is 5.53. The Bertz CT molecular complexity index is 1800. The molecule has 6 atom stereocenters. The molecule has 1 saturated heterocycles. The molecule has 51 heavy (non-hydrogen) atoms. The highest BCUT2D eigenvalue weighted by Crippen LogP contribution is 2.52. The molecule has 280 valence electrons. The van der Waals surface area contributed by atoms with Crippen LogP contribution >= 0.6 is 0 Å². The van der Waals surface area contributed by atoms with Crippen molar-refractivity contribution in [2.24, 2.45) is 0 Å². The lowest BCUT2D eigenvalue weighted by molar-refractivity contribution is -0.278. The molecular formula is C33H40O18. The van der Waals surface area contributed by atoms with E-state index in [-0.39, 0.29) is 51.0 Å². The molecule has 4 rings (SSSR count). The lowest BCUT2D eigenvalue weighted by Gasteiger charge is -2.40. The van der Waals surface area contributed by atoms with Gasteiger partial charge in [-0.25, -0.2) is 0 Å². The second-order valence-electron chi connectivity index (χ2n) is 11.6. The van der Waals surface area contributed by atoms with E-state index in [1.54, 1.807) is 0 Å². The van der Waals surface area contributed by atoms with E-state index >= 15 is 0 Å². The van der Waals surface area contributed by atoms with Crippen LogP contribution in [0.1, 0.15) is 19.8 Å². The second kappa shape index (κ2) is 15.9. The highest BCUT2D eigenvalue weighted by molar-refractivity contribution is 5.97. The zero-order valence-corrected chi connectivity index (χ0v) is 28.8. The van der Waals surface area contributed by atoms with E-state index in [4.69, 9.17) is 52.2 Å². The Labute approximate surface area is 290 Å². The Kier molecular flexibility index (Phi) is 12.1. The van der Waals surface area contributed by atoms with Crippen molar-refractivity contribution in [1.82, 2.24) is 0 Å². The van der Waals surface area contributed by atoms with E-state index in [9.17, 15) is 34.8 Å². The number of rotatable bonds is 15. The molecule has 1 fully saturated rings. The van der Waals surface area contributed by atoms with Crippen LogP contribution in [0, 0.1) is 0 Å². The van der Waals surface area contributed by atoms with Gasteiger partial charge in [-0.15, -0.1) is 0 Å². The van der Waals surface area contributed by atoms with Gasteiger partial charge in [-0.1, -0.05) is 0 Å². The maximum absolute atomic E-state index is 14.5. The van der Waals surface area contributed by atoms with Crippen molar-refractivity contribution in [3.8, 4) is 51.6 Å². The van der Waals surface area contributed by atoms with Gasteiger partial charge in [-0.05, 0) is 25.1 Å². The standard InChI is InChI=1S/C33H40O18/c1-33(41,11-18(34)35)12-19(36)48-13-17-21(37)23(39)24(40)32(49-17)51-28-22(38)20-26(44-4)29(45-5)31(47-7)30(46-6)27(20)50-25(28)14-8-9-15(42-2)16(10-14)43-3/h8-10,17,21,23-24,32,37,39-41H,11-13H2,1-7H3,(H,34,35)/t17-,21-,23+,24-,32+,33?/m1/s1. The van der Waals surface area contributed by atoms with Crippen molar-refractivity contribution in [2.45, 2.75) is 56.1 Å². The van der Waals surface area contributed by atoms with Crippen LogP contribution in [0.25, 0.3) is 22.3 Å². The Morgan fingerprint density at radius 1 is 0.784 bits per heavy atom. The molecule has 3 aromatic rings. The Balaban J connectivity index is 1.85. The van der Waals surface area contributed by atoms with E-state index in [1.165, 1.54) is 60.9 Å². The largest absolute Gasteiger partial charge is 0.493 e. The highest BCUT2D eigenvalue weighted by Gasteiger charge is 2.46. The van der Waals surface area contributed by atoms with Crippen molar-refractivity contribution < 1.29 is 82.2 Å². The number of carbonyl (C=O) groups is 2. The topological polar surface area (TPSA) is 249 Å². The molecule has 0 spiro atoms. The van der Waals surface area contributed by atoms with Gasteiger partial charge in [0.25, 0.3) is 0 Å². The summed E-state index contributed by atoms with van der Waals surface area (Å²) in [5.41, 5.74) is -2.80. The fourth-order valence-corrected chi connectivity index (χ4v) is 5.53. The summed E-state index contributed by atoms with van der Waals surface area (Å²) in [7, 11) is 8.03. The summed E-state index contributed by atoms with van der Waals surface area (Å²) in [6.45, 7) is 0.392. The molecule has 18 nitrogen and oxygen atoms in total. The third-order valence-electron chi connectivity index (χ3n) is 7.95. The van der Waals surface area contributed by atoms with Crippen LogP contribution in [-0.4, -0.2) is 123 Å². The lowest BCUT2D eigenvalue weighted by atomic mass is 9.98. The first-order valence-electron chi connectivity index (χ1n) is 15.2. The Morgan fingerprint density at radius 3 is 1.96 bits per heavy atom. The minimum absolute atomic E-state index is 0.0295. The van der Waals surface area contributed by atoms with Gasteiger partial charge in [0.2, 0.25) is 34.7 Å². The maximum atomic E-state index is 14.5. The van der Waals surface area contributed by atoms with Crippen molar-refractivity contribution in [3.05, 3.63) is 28.4 Å². The van der Waals surface area contributed by atoms with Crippen molar-refractivity contribution in [3.63, 3.8) is 0 Å². The monoisotopic (exact) mass is 724 g/mol. The molecule has 5 N–H and O–H groups in total. The summed E-state index contributed by atoms with van der Waals surface area (Å²) in [6.07, 6.45) is -10.7. The third-order valence-corrected chi connectivity index (χ3v) is 7.95. The average molecular weight is 725 g/mol. The van der Waals surface area contributed by atoms with Gasteiger partial charge in [-0.2, -0.15) is 0 Å². The summed E-state index contributed by atoms with van der Waals surface area (Å²) in [4.78, 5) is 37.9. The van der Waals surface area contributed by atoms with Gasteiger partial charge in [0.15, 0.2) is 28.6 Å². The summed E-state index contributed by atoms with van der Waals surface area (Å²) in [5, 5.41) is 51.3. The van der Waals surface area contributed by atoms with E-state index in [0.717, 1.165) is 6.92 Å². The number of methoxy groups -OCH3 is 6. The number of aliphatic carboxylic acids is 1. The first-order chi connectivity index (χ1) is 24.2. The number of fused-ring (bicyclic) bond motifs is 1. The minimum atomic E-state index is -1.97. The molecule has 18 heteroatoms. The number of carboxylic acid groups (broad SMARTS) is 1. The summed E-state index contributed by atoms with van der Waals surface area (Å²) in [6, 6.07) is 4.51. The fraction of sp³-hybridized carbons (Fsp3) is 0.485. The molecule has 0 radical (unpaired) electrons. The summed E-state index contributed by atoms with van der Waals surface area (Å²) < 4.78 is 55.9. The van der Waals surface area contributed by atoms with Crippen molar-refractivity contribution in [1.29, 1.82) is 0 Å². The number of aliphatic hydroxyl groups is 4. The van der Waals surface area contributed by atoms with Gasteiger partial charge >= 0.3 is 11.9 Å². The zero-order chi connectivity index (χ0) is 37.8. The SMILES string of the molecule is COc1ccc(-c2oc3c(OC)c(OC)c(OC)c(OC)c3c(=O)c2O[C@@H]2O[C@H](COC(=O)CC(C)(O)CC(=O)O)[C@@H](O)[C@H](O)[C@H]2O)cc1OC. The predicted octanol–water partition coefficient (Wildman–Crippen LogP) is 0.857. The number of carbonyl (C=O) groups excluding carboxylic acids is 1. The average Bonchev–Trinajstić information content (AvgIpc) is 3.09. The Hall–Kier alpha value is -5.01. The molecule has 0 aliphatic carbocycles. The van der Waals surface area contributed by atoms with E-state index in [2.05, 4.69) is 0 Å². The highest BCUT2D eigenvalue weighted by atomic mass is 16.7. The molecular weight excluding hydrogens is 684 g/mol. The second-order valence-corrected chi connectivity index (χ2v) is 11.6. The van der Waals surface area contributed by atoms with Crippen LogP contribution in [0.15, 0.2) is 27.4 Å². The Morgan fingerprint density at radius 2 is 1.39 bits per heavy atom. The predicted molar refractivity (Wildman–Crippen MR) is 173 cm³/mol. The van der Waals surface area contributed by atoms with Crippen LogP contribution in [0.2, 0.25) is 0 Å². The van der Waals surface area contributed by atoms with Crippen LogP contribution in [0.5, 0.6) is 40.2 Å². The van der Waals surface area contributed by atoms with Gasteiger partial charge < -0.3 is 72.6 Å². The van der Waals surface area contributed by atoms with E-state index < -0.39 is 78.9 Å². The maximum Gasteiger partial charge on any atom is 0.308 e. The van der Waals surface area contributed by atoms with Gasteiger partial charge in [-0.3, -0.25) is 14.4 Å². The first-order valence-corrected chi connectivity index (χ1v) is 15.2. The zero-order valence-electron chi connectivity index (χ0n) is 28.8. The van der Waals surface area contributed by atoms with E-state index in [1.807, 2.05) is 0 Å². The number of esters is 1. The van der Waals surface area contributed by atoms with Crippen LogP contribution in [-0.2, 0) is 19.1 Å². The third kappa shape index (κ3) is 7.84. The van der Waals surface area contributed by atoms with Gasteiger partial charge in [0, 0.05) is 5.56 Å². The number of aliphatic hydroxyl groups excluding tert-OH is 3. The van der Waals surface area contributed by atoms with Gasteiger partial charge in [0.05, 0.1) is 61.1 Å². The molecule has 2 heterocycles. The molecule has 0 saturated carbocycles. The smallest absolute Gasteiger partial charge is 0.308 e. The number of hydrogen-bond donors (Lipinski definition) is 5. The van der Waals surface area contributed by atoms with Gasteiger partial charge in [0.1, 0.15) is 36.4 Å². The summed E-state index contributed by atoms with van der Waals surface area (Å²) >= 11 is 0. The molecule has 2 aromatic carbocycles. The number of ether oxygens (including phenoxy) is 9. The normalized spacial score (nSPS) is 21.3. The van der Waals surface area contributed by atoms with Crippen LogP contribution < -0.4 is 38.6 Å².